The number of urea groups is 1. The highest BCUT2D eigenvalue weighted by Gasteiger charge is 2.66. The van der Waals surface area contributed by atoms with E-state index in [1.165, 1.54) is 30.7 Å². The van der Waals surface area contributed by atoms with Crippen molar-refractivity contribution in [3.05, 3.63) is 53.3 Å². The van der Waals surface area contributed by atoms with Crippen LogP contribution in [0.2, 0.25) is 5.15 Å². The summed E-state index contributed by atoms with van der Waals surface area (Å²) in [6.07, 6.45) is 0.293. The van der Waals surface area contributed by atoms with Gasteiger partial charge in [0.15, 0.2) is 16.6 Å². The van der Waals surface area contributed by atoms with Crippen molar-refractivity contribution in [1.29, 1.82) is 5.26 Å². The predicted octanol–water partition coefficient (Wildman–Crippen LogP) is 3.47. The number of carbonyl (C=O) groups excluding carboxylic acids is 1. The fourth-order valence-electron chi connectivity index (χ4n) is 3.61. The number of halogens is 4. The lowest BCUT2D eigenvalue weighted by Gasteiger charge is -2.23. The van der Waals surface area contributed by atoms with Crippen molar-refractivity contribution in [1.82, 2.24) is 34.6 Å². The molecule has 34 heavy (non-hydrogen) atoms. The van der Waals surface area contributed by atoms with E-state index in [-0.39, 0.29) is 52.1 Å². The summed E-state index contributed by atoms with van der Waals surface area (Å²) in [5, 5.41) is 26.0. The number of amides is 2. The summed E-state index contributed by atoms with van der Waals surface area (Å²) in [5.74, 6) is 0.145. The van der Waals surface area contributed by atoms with Crippen LogP contribution in [0.3, 0.4) is 0 Å². The van der Waals surface area contributed by atoms with E-state index in [1.807, 2.05) is 6.07 Å². The number of hydrogen-bond acceptors (Lipinski definition) is 7. The third kappa shape index (κ3) is 3.55. The van der Waals surface area contributed by atoms with Crippen LogP contribution in [0.15, 0.2) is 36.9 Å². The first-order valence-corrected chi connectivity index (χ1v) is 10.1. The Kier molecular flexibility index (Phi) is 4.87. The fraction of sp³-hybridized carbons (Fsp3) is 0.211. The second-order valence-corrected chi connectivity index (χ2v) is 7.83. The lowest BCUT2D eigenvalue weighted by Crippen LogP contribution is -2.33. The molecular weight excluding hydrogens is 477 g/mol. The summed E-state index contributed by atoms with van der Waals surface area (Å²) in [6, 6.07) is 3.72. The Bertz CT molecular complexity index is 1450. The quantitative estimate of drug-likeness (QED) is 0.448. The maximum atomic E-state index is 13.9. The molecule has 0 bridgehead atoms. The molecule has 172 valence electrons. The SMILES string of the molecule is N#Cc1cc(NC(=O)Nc2cnc3cc(Cl)nn3c2C2(C(F)(F)F)CC2)cnc1-n1nccn1. The Balaban J connectivity index is 1.46. The molecule has 2 N–H and O–H groups in total. The first-order chi connectivity index (χ1) is 16.2. The van der Waals surface area contributed by atoms with Gasteiger partial charge in [0.05, 0.1) is 41.9 Å². The van der Waals surface area contributed by atoms with E-state index in [4.69, 9.17) is 11.6 Å². The van der Waals surface area contributed by atoms with Gasteiger partial charge < -0.3 is 10.6 Å². The fourth-order valence-corrected chi connectivity index (χ4v) is 3.79. The van der Waals surface area contributed by atoms with Crippen LogP contribution in [0.4, 0.5) is 29.3 Å². The van der Waals surface area contributed by atoms with Crippen molar-refractivity contribution in [2.75, 3.05) is 10.6 Å². The van der Waals surface area contributed by atoms with Gasteiger partial charge in [0.2, 0.25) is 0 Å². The zero-order valence-electron chi connectivity index (χ0n) is 16.9. The molecule has 15 heteroatoms. The summed E-state index contributed by atoms with van der Waals surface area (Å²) < 4.78 is 42.8. The van der Waals surface area contributed by atoms with Crippen molar-refractivity contribution in [3.8, 4) is 11.9 Å². The van der Waals surface area contributed by atoms with Gasteiger partial charge in [0, 0.05) is 6.07 Å². The van der Waals surface area contributed by atoms with Gasteiger partial charge >= 0.3 is 12.2 Å². The van der Waals surface area contributed by atoms with Crippen LogP contribution in [0.5, 0.6) is 0 Å². The van der Waals surface area contributed by atoms with Crippen LogP contribution in [-0.2, 0) is 5.41 Å². The van der Waals surface area contributed by atoms with Crippen LogP contribution >= 0.6 is 11.6 Å². The van der Waals surface area contributed by atoms with Crippen LogP contribution in [0.25, 0.3) is 11.5 Å². The van der Waals surface area contributed by atoms with Gasteiger partial charge in [-0.25, -0.2) is 19.3 Å². The molecule has 1 aliphatic rings. The molecule has 0 atom stereocenters. The number of pyridine rings is 1. The second kappa shape index (κ2) is 7.66. The van der Waals surface area contributed by atoms with Crippen molar-refractivity contribution in [2.45, 2.75) is 24.4 Å². The van der Waals surface area contributed by atoms with E-state index in [1.54, 1.807) is 0 Å². The number of alkyl halides is 3. The number of nitrogens with zero attached hydrogens (tertiary/aromatic N) is 8. The van der Waals surface area contributed by atoms with Crippen molar-refractivity contribution < 1.29 is 18.0 Å². The van der Waals surface area contributed by atoms with E-state index in [2.05, 4.69) is 35.9 Å². The molecule has 4 aromatic heterocycles. The summed E-state index contributed by atoms with van der Waals surface area (Å²) in [6.45, 7) is 0. The number of fused-ring (bicyclic) bond motifs is 1. The first kappa shape index (κ1) is 21.6. The van der Waals surface area contributed by atoms with Gasteiger partial charge in [-0.3, -0.25) is 0 Å². The summed E-state index contributed by atoms with van der Waals surface area (Å²) in [5.41, 5.74) is -2.31. The largest absolute Gasteiger partial charge is 0.400 e. The van der Waals surface area contributed by atoms with Gasteiger partial charge in [-0.15, -0.1) is 4.80 Å². The number of hydrogen-bond donors (Lipinski definition) is 2. The van der Waals surface area contributed by atoms with Crippen LogP contribution < -0.4 is 10.6 Å². The minimum absolute atomic E-state index is 0.0322. The molecule has 11 nitrogen and oxygen atoms in total. The zero-order chi connectivity index (χ0) is 24.1. The average molecular weight is 489 g/mol. The van der Waals surface area contributed by atoms with Crippen molar-refractivity contribution >= 4 is 34.7 Å². The van der Waals surface area contributed by atoms with Crippen molar-refractivity contribution in [2.24, 2.45) is 0 Å². The van der Waals surface area contributed by atoms with Crippen LogP contribution in [0.1, 0.15) is 24.1 Å². The third-order valence-electron chi connectivity index (χ3n) is 5.30. The highest BCUT2D eigenvalue weighted by atomic mass is 35.5. The van der Waals surface area contributed by atoms with Crippen LogP contribution in [0, 0.1) is 11.3 Å². The Morgan fingerprint density at radius 3 is 2.53 bits per heavy atom. The molecule has 0 saturated heterocycles. The zero-order valence-corrected chi connectivity index (χ0v) is 17.6. The standard InChI is InChI=1S/C19H12ClF3N10O/c20-13-6-14-25-9-12(15(32(14)31-13)18(1-2-18)19(21,22)23)30-17(34)29-11-5-10(7-24)16(26-8-11)33-27-3-4-28-33/h3-6,8-9H,1-2H2,(H2,29,30,34). The Hall–Kier alpha value is -4.25. The molecule has 4 aromatic rings. The number of rotatable bonds is 4. The maximum Gasteiger partial charge on any atom is 0.400 e. The summed E-state index contributed by atoms with van der Waals surface area (Å²) >= 11 is 5.89. The Morgan fingerprint density at radius 2 is 1.88 bits per heavy atom. The molecule has 2 amide bonds. The molecule has 5 rings (SSSR count). The topological polar surface area (TPSA) is 139 Å². The van der Waals surface area contributed by atoms with Gasteiger partial charge in [0.25, 0.3) is 0 Å². The highest BCUT2D eigenvalue weighted by molar-refractivity contribution is 6.29. The summed E-state index contributed by atoms with van der Waals surface area (Å²) in [7, 11) is 0. The predicted molar refractivity (Wildman–Crippen MR) is 111 cm³/mol. The molecule has 4 heterocycles. The molecule has 1 saturated carbocycles. The lowest BCUT2D eigenvalue weighted by molar-refractivity contribution is -0.161. The molecule has 0 spiro atoms. The minimum Gasteiger partial charge on any atom is -0.306 e. The van der Waals surface area contributed by atoms with Crippen LogP contribution in [-0.4, -0.2) is 46.8 Å². The normalized spacial score (nSPS) is 14.6. The number of nitriles is 1. The van der Waals surface area contributed by atoms with E-state index in [9.17, 15) is 23.2 Å². The number of anilines is 2. The summed E-state index contributed by atoms with van der Waals surface area (Å²) in [4.78, 5) is 21.9. The number of carbonyl (C=O) groups is 1. The molecule has 0 aromatic carbocycles. The van der Waals surface area contributed by atoms with Gasteiger partial charge in [-0.2, -0.15) is 33.7 Å². The molecular formula is C19H12ClF3N10O. The third-order valence-corrected chi connectivity index (χ3v) is 5.49. The monoisotopic (exact) mass is 488 g/mol. The molecule has 0 unspecified atom stereocenters. The van der Waals surface area contributed by atoms with Gasteiger partial charge in [-0.05, 0) is 18.9 Å². The first-order valence-electron chi connectivity index (χ1n) is 9.68. The van der Waals surface area contributed by atoms with Gasteiger partial charge in [-0.1, -0.05) is 11.6 Å². The molecule has 1 fully saturated rings. The number of aromatic nitrogens is 7. The van der Waals surface area contributed by atoms with E-state index in [0.717, 1.165) is 15.5 Å². The van der Waals surface area contributed by atoms with Gasteiger partial charge in [0.1, 0.15) is 17.0 Å². The molecule has 0 aliphatic heterocycles. The second-order valence-electron chi connectivity index (χ2n) is 7.44. The lowest BCUT2D eigenvalue weighted by atomic mass is 10.00. The van der Waals surface area contributed by atoms with Crippen molar-refractivity contribution in [3.63, 3.8) is 0 Å². The van der Waals surface area contributed by atoms with E-state index < -0.39 is 17.6 Å². The smallest absolute Gasteiger partial charge is 0.306 e. The average Bonchev–Trinajstić information content (AvgIpc) is 3.24. The Morgan fingerprint density at radius 1 is 1.15 bits per heavy atom. The minimum atomic E-state index is -4.57. The Labute approximate surface area is 193 Å². The molecule has 1 aliphatic carbocycles. The maximum absolute atomic E-state index is 13.9. The highest BCUT2D eigenvalue weighted by Crippen LogP contribution is 2.60. The van der Waals surface area contributed by atoms with E-state index in [0.29, 0.717) is 0 Å². The van der Waals surface area contributed by atoms with E-state index >= 15 is 0 Å². The number of nitrogens with one attached hydrogen (secondary N) is 2. The molecule has 0 radical (unpaired) electrons.